The normalized spacial score (nSPS) is 15.5. The first-order chi connectivity index (χ1) is 15.9. The number of pyridine rings is 2. The molecular weight excluding hydrogens is 451 g/mol. The zero-order chi connectivity index (χ0) is 23.4. The van der Waals surface area contributed by atoms with Crippen LogP contribution in [0, 0.1) is 5.82 Å². The first kappa shape index (κ1) is 23.0. The highest BCUT2D eigenvalue weighted by molar-refractivity contribution is 7.89. The van der Waals surface area contributed by atoms with E-state index in [1.54, 1.807) is 30.3 Å². The van der Waals surface area contributed by atoms with Gasteiger partial charge in [0, 0.05) is 30.9 Å². The van der Waals surface area contributed by atoms with Crippen molar-refractivity contribution in [2.75, 3.05) is 19.6 Å². The predicted octanol–water partition coefficient (Wildman–Crippen LogP) is 2.39. The molecule has 0 radical (unpaired) electrons. The molecule has 1 aromatic carbocycles. The predicted molar refractivity (Wildman–Crippen MR) is 117 cm³/mol. The number of amides is 1. The van der Waals surface area contributed by atoms with Crippen molar-refractivity contribution >= 4 is 27.3 Å². The molecule has 2 aromatic heterocycles. The molecule has 1 amide bonds. The summed E-state index contributed by atoms with van der Waals surface area (Å²) in [5, 5.41) is 10.3. The number of para-hydroxylation sites is 1. The zero-order valence-electron chi connectivity index (χ0n) is 17.7. The number of hydrogen-bond acceptors (Lipinski definition) is 7. The van der Waals surface area contributed by atoms with Crippen LogP contribution < -0.4 is 4.74 Å². The molecule has 3 heterocycles. The number of rotatable bonds is 8. The van der Waals surface area contributed by atoms with Crippen LogP contribution in [0.2, 0.25) is 0 Å². The maximum Gasteiger partial charge on any atom is 0.260 e. The number of piperidine rings is 1. The fourth-order valence-electron chi connectivity index (χ4n) is 3.84. The summed E-state index contributed by atoms with van der Waals surface area (Å²) in [4.78, 5) is 18.7. The molecule has 0 bridgehead atoms. The van der Waals surface area contributed by atoms with Crippen LogP contribution in [0.5, 0.6) is 5.75 Å². The van der Waals surface area contributed by atoms with Gasteiger partial charge in [0.15, 0.2) is 5.03 Å². The van der Waals surface area contributed by atoms with Gasteiger partial charge in [0.1, 0.15) is 23.2 Å². The lowest BCUT2D eigenvalue weighted by Crippen LogP contribution is -2.42. The van der Waals surface area contributed by atoms with E-state index < -0.39 is 15.8 Å². The van der Waals surface area contributed by atoms with Gasteiger partial charge in [-0.25, -0.2) is 22.9 Å². The third-order valence-corrected chi connectivity index (χ3v) is 7.44. The molecule has 1 saturated heterocycles. The standard InChI is InChI=1S/C22H23FN4O5S/c23-19-5-1-4-18-20(6-11-24-21(18)19)32-17-8-13-27(14-9-17)33(30,31)22-16(3-2-10-25-22)7-12-26(29)15-28/h1-6,10-11,15,17,29H,7-9,12-14H2. The Morgan fingerprint density at radius 3 is 2.70 bits per heavy atom. The number of hydrogen-bond donors (Lipinski definition) is 1. The van der Waals surface area contributed by atoms with Crippen LogP contribution in [0.25, 0.3) is 10.9 Å². The van der Waals surface area contributed by atoms with E-state index in [1.165, 1.54) is 22.8 Å². The molecule has 0 spiro atoms. The SMILES string of the molecule is O=CN(O)CCc1cccnc1S(=O)(=O)N1CCC(Oc2ccnc3c(F)cccc23)CC1. The average Bonchev–Trinajstić information content (AvgIpc) is 2.83. The number of carbonyl (C=O) groups is 1. The van der Waals surface area contributed by atoms with E-state index in [2.05, 4.69) is 9.97 Å². The molecule has 1 aliphatic heterocycles. The minimum Gasteiger partial charge on any atom is -0.490 e. The monoisotopic (exact) mass is 474 g/mol. The smallest absolute Gasteiger partial charge is 0.260 e. The van der Waals surface area contributed by atoms with Crippen molar-refractivity contribution < 1.29 is 27.5 Å². The lowest BCUT2D eigenvalue weighted by Gasteiger charge is -2.31. The van der Waals surface area contributed by atoms with Gasteiger partial charge in [-0.05, 0) is 49.1 Å². The van der Waals surface area contributed by atoms with Crippen LogP contribution in [0.15, 0.2) is 53.8 Å². The molecule has 9 nitrogen and oxygen atoms in total. The summed E-state index contributed by atoms with van der Waals surface area (Å²) in [5.74, 6) is 0.0824. The van der Waals surface area contributed by atoms with Gasteiger partial charge < -0.3 is 4.74 Å². The summed E-state index contributed by atoms with van der Waals surface area (Å²) in [7, 11) is -3.87. The summed E-state index contributed by atoms with van der Waals surface area (Å²) >= 11 is 0. The molecule has 1 aliphatic rings. The molecule has 0 atom stereocenters. The largest absolute Gasteiger partial charge is 0.490 e. The maximum absolute atomic E-state index is 14.0. The van der Waals surface area contributed by atoms with Gasteiger partial charge in [-0.3, -0.25) is 15.0 Å². The van der Waals surface area contributed by atoms with E-state index in [0.717, 1.165) is 0 Å². The molecule has 33 heavy (non-hydrogen) atoms. The Labute approximate surface area is 190 Å². The number of aromatic nitrogens is 2. The molecule has 3 aromatic rings. The van der Waals surface area contributed by atoms with Crippen molar-refractivity contribution in [1.29, 1.82) is 0 Å². The number of benzene rings is 1. The summed E-state index contributed by atoms with van der Waals surface area (Å²) in [6, 6.07) is 9.57. The Morgan fingerprint density at radius 2 is 1.94 bits per heavy atom. The number of nitrogens with zero attached hydrogens (tertiary/aromatic N) is 4. The Morgan fingerprint density at radius 1 is 1.15 bits per heavy atom. The van der Waals surface area contributed by atoms with Crippen LogP contribution in [-0.2, 0) is 21.2 Å². The summed E-state index contributed by atoms with van der Waals surface area (Å²) in [5.41, 5.74) is 0.649. The van der Waals surface area contributed by atoms with Crippen LogP contribution in [0.4, 0.5) is 4.39 Å². The number of carbonyl (C=O) groups excluding carboxylic acids is 1. The molecule has 1 N–H and O–H groups in total. The Bertz CT molecular complexity index is 1250. The minimum atomic E-state index is -3.87. The van der Waals surface area contributed by atoms with Crippen molar-refractivity contribution in [2.45, 2.75) is 30.4 Å². The van der Waals surface area contributed by atoms with Gasteiger partial charge in [0.2, 0.25) is 6.41 Å². The van der Waals surface area contributed by atoms with Gasteiger partial charge >= 0.3 is 0 Å². The van der Waals surface area contributed by atoms with Crippen molar-refractivity contribution in [1.82, 2.24) is 19.3 Å². The molecule has 0 saturated carbocycles. The number of ether oxygens (including phenoxy) is 1. The first-order valence-electron chi connectivity index (χ1n) is 10.4. The van der Waals surface area contributed by atoms with E-state index in [-0.39, 0.29) is 49.1 Å². The van der Waals surface area contributed by atoms with Crippen molar-refractivity contribution in [3.63, 3.8) is 0 Å². The highest BCUT2D eigenvalue weighted by Crippen LogP contribution is 2.29. The third-order valence-electron chi connectivity index (χ3n) is 5.54. The lowest BCUT2D eigenvalue weighted by molar-refractivity contribution is -0.149. The van der Waals surface area contributed by atoms with Crippen LogP contribution in [0.3, 0.4) is 0 Å². The fraction of sp³-hybridized carbons (Fsp3) is 0.318. The van der Waals surface area contributed by atoms with E-state index in [0.29, 0.717) is 34.6 Å². The second-order valence-electron chi connectivity index (χ2n) is 7.65. The third kappa shape index (κ3) is 4.95. The molecule has 1 fully saturated rings. The quantitative estimate of drug-likeness (QED) is 0.303. The lowest BCUT2D eigenvalue weighted by atomic mass is 10.1. The minimum absolute atomic E-state index is 0.0475. The molecular formula is C22H23FN4O5S. The molecule has 174 valence electrons. The molecule has 0 unspecified atom stereocenters. The second-order valence-corrected chi connectivity index (χ2v) is 9.51. The van der Waals surface area contributed by atoms with Crippen LogP contribution in [-0.4, -0.2) is 65.1 Å². The Balaban J connectivity index is 1.45. The highest BCUT2D eigenvalue weighted by atomic mass is 32.2. The van der Waals surface area contributed by atoms with Crippen molar-refractivity contribution in [3.8, 4) is 5.75 Å². The van der Waals surface area contributed by atoms with E-state index in [1.807, 2.05) is 0 Å². The number of halogens is 1. The van der Waals surface area contributed by atoms with Gasteiger partial charge in [-0.1, -0.05) is 12.1 Å². The molecule has 0 aliphatic carbocycles. The van der Waals surface area contributed by atoms with Gasteiger partial charge in [0.25, 0.3) is 10.0 Å². The second kappa shape index (κ2) is 9.77. The Kier molecular flexibility index (Phi) is 6.82. The topological polar surface area (TPSA) is 113 Å². The van der Waals surface area contributed by atoms with Gasteiger partial charge in [-0.15, -0.1) is 0 Å². The van der Waals surface area contributed by atoms with Crippen molar-refractivity contribution in [3.05, 3.63) is 60.2 Å². The van der Waals surface area contributed by atoms with Crippen molar-refractivity contribution in [2.24, 2.45) is 0 Å². The number of sulfonamides is 1. The highest BCUT2D eigenvalue weighted by Gasteiger charge is 2.32. The van der Waals surface area contributed by atoms with E-state index >= 15 is 0 Å². The van der Waals surface area contributed by atoms with Crippen LogP contribution in [0.1, 0.15) is 18.4 Å². The first-order valence-corrected chi connectivity index (χ1v) is 11.9. The zero-order valence-corrected chi connectivity index (χ0v) is 18.5. The molecule has 11 heteroatoms. The van der Waals surface area contributed by atoms with Gasteiger partial charge in [-0.2, -0.15) is 4.31 Å². The van der Waals surface area contributed by atoms with Gasteiger partial charge in [0.05, 0.1) is 6.54 Å². The fourth-order valence-corrected chi connectivity index (χ4v) is 5.48. The van der Waals surface area contributed by atoms with E-state index in [9.17, 15) is 22.8 Å². The number of hydroxylamine groups is 2. The average molecular weight is 475 g/mol. The maximum atomic E-state index is 14.0. The summed E-state index contributed by atoms with van der Waals surface area (Å²) in [6.45, 7) is 0.426. The van der Waals surface area contributed by atoms with Crippen LogP contribution >= 0.6 is 0 Å². The Hall–Kier alpha value is -3.15. The summed E-state index contributed by atoms with van der Waals surface area (Å²) in [6.07, 6.45) is 3.96. The molecule has 4 rings (SSSR count). The number of fused-ring (bicyclic) bond motifs is 1. The van der Waals surface area contributed by atoms with E-state index in [4.69, 9.17) is 4.74 Å². The summed E-state index contributed by atoms with van der Waals surface area (Å²) < 4.78 is 47.9.